The van der Waals surface area contributed by atoms with Crippen LogP contribution in [0.25, 0.3) is 0 Å². The van der Waals surface area contributed by atoms with E-state index in [1.165, 1.54) is 0 Å². The summed E-state index contributed by atoms with van der Waals surface area (Å²) in [5.74, 6) is 1.35. The Hall–Kier alpha value is -0.220. The van der Waals surface area contributed by atoms with Gasteiger partial charge in [0.25, 0.3) is 0 Å². The molecule has 3 nitrogen and oxygen atoms in total. The Bertz CT molecular complexity index is 176. The predicted octanol–water partition coefficient (Wildman–Crippen LogP) is 0.898. The van der Waals surface area contributed by atoms with Crippen molar-refractivity contribution in [3.63, 3.8) is 0 Å². The van der Waals surface area contributed by atoms with Crippen LogP contribution in [0.4, 0.5) is 0 Å². The van der Waals surface area contributed by atoms with E-state index in [0.29, 0.717) is 0 Å². The van der Waals surface area contributed by atoms with Crippen molar-refractivity contribution in [1.82, 2.24) is 4.90 Å². The van der Waals surface area contributed by atoms with E-state index in [-0.39, 0.29) is 12.0 Å². The second-order valence-electron chi connectivity index (χ2n) is 3.49. The SMILES string of the molecule is CN(C)C1(CC(=O)O)CCSC1. The van der Waals surface area contributed by atoms with Gasteiger partial charge in [-0.05, 0) is 26.3 Å². The lowest BCUT2D eigenvalue weighted by Crippen LogP contribution is -2.46. The number of hydrogen-bond donors (Lipinski definition) is 1. The molecule has 1 unspecified atom stereocenters. The molecule has 1 rings (SSSR count). The zero-order valence-electron chi connectivity index (χ0n) is 7.54. The first kappa shape index (κ1) is 9.86. The summed E-state index contributed by atoms with van der Waals surface area (Å²) in [6.45, 7) is 0. The molecule has 1 saturated heterocycles. The Morgan fingerprint density at radius 2 is 2.33 bits per heavy atom. The van der Waals surface area contributed by atoms with Gasteiger partial charge in [0.2, 0.25) is 0 Å². The smallest absolute Gasteiger partial charge is 0.305 e. The molecule has 12 heavy (non-hydrogen) atoms. The van der Waals surface area contributed by atoms with E-state index in [0.717, 1.165) is 17.9 Å². The highest BCUT2D eigenvalue weighted by Crippen LogP contribution is 2.34. The average molecular weight is 189 g/mol. The van der Waals surface area contributed by atoms with Gasteiger partial charge in [-0.25, -0.2) is 0 Å². The number of carboxylic acids is 1. The third-order valence-electron chi connectivity index (χ3n) is 2.51. The third kappa shape index (κ3) is 1.93. The zero-order chi connectivity index (χ0) is 9.19. The van der Waals surface area contributed by atoms with E-state index < -0.39 is 5.97 Å². The van der Waals surface area contributed by atoms with E-state index in [1.54, 1.807) is 0 Å². The number of thioether (sulfide) groups is 1. The molecule has 0 saturated carbocycles. The molecular weight excluding hydrogens is 174 g/mol. The van der Waals surface area contributed by atoms with Crippen LogP contribution in [0.5, 0.6) is 0 Å². The van der Waals surface area contributed by atoms with Gasteiger partial charge in [-0.2, -0.15) is 11.8 Å². The molecule has 1 atom stereocenters. The first-order valence-corrected chi connectivity index (χ1v) is 5.19. The van der Waals surface area contributed by atoms with Gasteiger partial charge < -0.3 is 10.0 Å². The Morgan fingerprint density at radius 3 is 2.67 bits per heavy atom. The van der Waals surface area contributed by atoms with Gasteiger partial charge in [0.1, 0.15) is 0 Å². The molecule has 0 spiro atoms. The van der Waals surface area contributed by atoms with Crippen LogP contribution in [-0.4, -0.2) is 47.1 Å². The van der Waals surface area contributed by atoms with Crippen LogP contribution in [0.3, 0.4) is 0 Å². The highest BCUT2D eigenvalue weighted by atomic mass is 32.2. The summed E-state index contributed by atoms with van der Waals surface area (Å²) < 4.78 is 0. The molecule has 0 aromatic rings. The molecular formula is C8H15NO2S. The van der Waals surface area contributed by atoms with Crippen molar-refractivity contribution in [2.24, 2.45) is 0 Å². The standard InChI is InChI=1S/C8H15NO2S/c1-9(2)8(5-7(10)11)3-4-12-6-8/h3-6H2,1-2H3,(H,10,11). The van der Waals surface area contributed by atoms with Crippen LogP contribution in [0.1, 0.15) is 12.8 Å². The fraction of sp³-hybridized carbons (Fsp3) is 0.875. The van der Waals surface area contributed by atoms with Gasteiger partial charge >= 0.3 is 5.97 Å². The van der Waals surface area contributed by atoms with E-state index >= 15 is 0 Å². The van der Waals surface area contributed by atoms with E-state index in [1.807, 2.05) is 25.9 Å². The van der Waals surface area contributed by atoms with Crippen molar-refractivity contribution >= 4 is 17.7 Å². The molecule has 0 aromatic carbocycles. The molecule has 1 fully saturated rings. The molecule has 1 aliphatic heterocycles. The van der Waals surface area contributed by atoms with E-state index in [2.05, 4.69) is 4.90 Å². The largest absolute Gasteiger partial charge is 0.481 e. The molecule has 0 aromatic heterocycles. The van der Waals surface area contributed by atoms with Crippen LogP contribution in [0.2, 0.25) is 0 Å². The third-order valence-corrected chi connectivity index (χ3v) is 3.75. The first-order chi connectivity index (χ1) is 5.57. The van der Waals surface area contributed by atoms with Gasteiger partial charge in [0.15, 0.2) is 0 Å². The molecule has 4 heteroatoms. The van der Waals surface area contributed by atoms with Crippen LogP contribution < -0.4 is 0 Å². The summed E-state index contributed by atoms with van der Waals surface area (Å²) in [4.78, 5) is 12.7. The predicted molar refractivity (Wildman–Crippen MR) is 50.6 cm³/mol. The van der Waals surface area contributed by atoms with Crippen LogP contribution in [0, 0.1) is 0 Å². The van der Waals surface area contributed by atoms with Gasteiger partial charge in [-0.3, -0.25) is 4.79 Å². The highest BCUT2D eigenvalue weighted by Gasteiger charge is 2.38. The Morgan fingerprint density at radius 1 is 1.67 bits per heavy atom. The normalized spacial score (nSPS) is 29.6. The number of aliphatic carboxylic acids is 1. The van der Waals surface area contributed by atoms with Gasteiger partial charge in [0.05, 0.1) is 6.42 Å². The van der Waals surface area contributed by atoms with E-state index in [9.17, 15) is 4.79 Å². The number of rotatable bonds is 3. The molecule has 1 aliphatic rings. The van der Waals surface area contributed by atoms with Gasteiger partial charge in [-0.1, -0.05) is 0 Å². The maximum Gasteiger partial charge on any atom is 0.305 e. The molecule has 1 N–H and O–H groups in total. The van der Waals surface area contributed by atoms with Crippen LogP contribution in [-0.2, 0) is 4.79 Å². The van der Waals surface area contributed by atoms with Crippen LogP contribution in [0.15, 0.2) is 0 Å². The van der Waals surface area contributed by atoms with Crippen molar-refractivity contribution in [2.45, 2.75) is 18.4 Å². The lowest BCUT2D eigenvalue weighted by Gasteiger charge is -2.34. The summed E-state index contributed by atoms with van der Waals surface area (Å²) in [7, 11) is 3.93. The first-order valence-electron chi connectivity index (χ1n) is 4.04. The number of carbonyl (C=O) groups is 1. The van der Waals surface area contributed by atoms with Crippen molar-refractivity contribution in [3.05, 3.63) is 0 Å². The number of carboxylic acid groups (broad SMARTS) is 1. The summed E-state index contributed by atoms with van der Waals surface area (Å²) in [6.07, 6.45) is 1.27. The maximum atomic E-state index is 10.6. The average Bonchev–Trinajstić information content (AvgIpc) is 2.35. The molecule has 0 amide bonds. The molecule has 70 valence electrons. The molecule has 1 heterocycles. The summed E-state index contributed by atoms with van der Waals surface area (Å²) in [5.41, 5.74) is -0.0868. The minimum Gasteiger partial charge on any atom is -0.481 e. The summed E-state index contributed by atoms with van der Waals surface area (Å²) in [6, 6.07) is 0. The molecule has 0 radical (unpaired) electrons. The van der Waals surface area contributed by atoms with Crippen molar-refractivity contribution in [1.29, 1.82) is 0 Å². The number of nitrogens with zero attached hydrogens (tertiary/aromatic N) is 1. The zero-order valence-corrected chi connectivity index (χ0v) is 8.36. The monoisotopic (exact) mass is 189 g/mol. The second-order valence-corrected chi connectivity index (χ2v) is 4.60. The minimum atomic E-state index is -0.689. The number of hydrogen-bond acceptors (Lipinski definition) is 3. The fourth-order valence-corrected chi connectivity index (χ4v) is 3.08. The van der Waals surface area contributed by atoms with Crippen LogP contribution >= 0.6 is 11.8 Å². The molecule has 0 bridgehead atoms. The topological polar surface area (TPSA) is 40.5 Å². The molecule has 0 aliphatic carbocycles. The Balaban J connectivity index is 2.65. The van der Waals surface area contributed by atoms with Crippen molar-refractivity contribution < 1.29 is 9.90 Å². The Labute approximate surface area is 77.1 Å². The van der Waals surface area contributed by atoms with Crippen molar-refractivity contribution in [2.75, 3.05) is 25.6 Å². The van der Waals surface area contributed by atoms with Crippen molar-refractivity contribution in [3.8, 4) is 0 Å². The highest BCUT2D eigenvalue weighted by molar-refractivity contribution is 7.99. The summed E-state index contributed by atoms with van der Waals surface area (Å²) in [5, 5.41) is 8.75. The van der Waals surface area contributed by atoms with E-state index in [4.69, 9.17) is 5.11 Å². The quantitative estimate of drug-likeness (QED) is 0.716. The lowest BCUT2D eigenvalue weighted by atomic mass is 9.93. The Kier molecular flexibility index (Phi) is 3.01. The summed E-state index contributed by atoms with van der Waals surface area (Å²) >= 11 is 1.85. The minimum absolute atomic E-state index is 0.0868. The van der Waals surface area contributed by atoms with Gasteiger partial charge in [-0.15, -0.1) is 0 Å². The van der Waals surface area contributed by atoms with Gasteiger partial charge in [0, 0.05) is 11.3 Å². The lowest BCUT2D eigenvalue weighted by molar-refractivity contribution is -0.139. The second kappa shape index (κ2) is 3.66. The fourth-order valence-electron chi connectivity index (χ4n) is 1.53. The maximum absolute atomic E-state index is 10.6.